The van der Waals surface area contributed by atoms with Crippen molar-refractivity contribution in [2.45, 2.75) is 26.2 Å². The number of benzene rings is 8. The third-order valence-corrected chi connectivity index (χ3v) is 12.7. The molecule has 1 heterocycles. The van der Waals surface area contributed by atoms with Crippen molar-refractivity contribution >= 4 is 56.7 Å². The van der Waals surface area contributed by atoms with Crippen LogP contribution in [0.5, 0.6) is 0 Å². The van der Waals surface area contributed by atoms with Crippen LogP contribution in [0.4, 0.5) is 34.1 Å². The summed E-state index contributed by atoms with van der Waals surface area (Å²) < 4.78 is 0. The van der Waals surface area contributed by atoms with E-state index in [4.69, 9.17) is 9.98 Å². The molecular weight excluding hydrogens is 825 g/mol. The first-order valence-corrected chi connectivity index (χ1v) is 23.3. The highest BCUT2D eigenvalue weighted by Gasteiger charge is 2.20. The third kappa shape index (κ3) is 9.13. The van der Waals surface area contributed by atoms with Gasteiger partial charge in [0.25, 0.3) is 0 Å². The average Bonchev–Trinajstić information content (AvgIpc) is 3.40. The molecule has 0 fully saturated rings. The molecule has 9 aromatic rings. The van der Waals surface area contributed by atoms with Gasteiger partial charge in [0.05, 0.1) is 22.8 Å². The Morgan fingerprint density at radius 2 is 1.04 bits per heavy atom. The molecule has 4 nitrogen and oxygen atoms in total. The topological polar surface area (TPSA) is 31.7 Å². The van der Waals surface area contributed by atoms with Crippen molar-refractivity contribution in [2.24, 2.45) is 4.99 Å². The van der Waals surface area contributed by atoms with Gasteiger partial charge in [0.2, 0.25) is 0 Å². The molecule has 0 saturated carbocycles. The Kier molecular flexibility index (Phi) is 12.7. The van der Waals surface area contributed by atoms with E-state index in [-0.39, 0.29) is 5.92 Å². The number of hydrogen-bond acceptors (Lipinski definition) is 4. The van der Waals surface area contributed by atoms with Crippen LogP contribution >= 0.6 is 0 Å². The first-order valence-electron chi connectivity index (χ1n) is 23.3. The summed E-state index contributed by atoms with van der Waals surface area (Å²) in [7, 11) is 0. The van der Waals surface area contributed by atoms with E-state index in [0.29, 0.717) is 6.42 Å². The number of aliphatic imine (C=N–C) groups is 1. The first kappa shape index (κ1) is 43.3. The molecule has 328 valence electrons. The van der Waals surface area contributed by atoms with Gasteiger partial charge in [-0.15, -0.1) is 0 Å². The molecule has 1 aliphatic rings. The maximum absolute atomic E-state index is 5.30. The Morgan fingerprint density at radius 3 is 1.65 bits per heavy atom. The van der Waals surface area contributed by atoms with Crippen molar-refractivity contribution in [1.82, 2.24) is 4.98 Å². The fourth-order valence-electron chi connectivity index (χ4n) is 9.24. The van der Waals surface area contributed by atoms with Crippen LogP contribution in [-0.2, 0) is 0 Å². The summed E-state index contributed by atoms with van der Waals surface area (Å²) in [5.41, 5.74) is 17.0. The van der Waals surface area contributed by atoms with E-state index in [1.165, 1.54) is 16.3 Å². The molecule has 0 radical (unpaired) electrons. The molecule has 1 unspecified atom stereocenters. The van der Waals surface area contributed by atoms with Crippen molar-refractivity contribution in [3.63, 3.8) is 0 Å². The Labute approximate surface area is 400 Å². The Bertz CT molecular complexity index is 3270. The van der Waals surface area contributed by atoms with Gasteiger partial charge in [0, 0.05) is 57.6 Å². The molecule has 0 bridgehead atoms. The highest BCUT2D eigenvalue weighted by Crippen LogP contribution is 2.41. The Morgan fingerprint density at radius 1 is 0.544 bits per heavy atom. The van der Waals surface area contributed by atoms with Crippen molar-refractivity contribution < 1.29 is 0 Å². The zero-order valence-corrected chi connectivity index (χ0v) is 38.5. The van der Waals surface area contributed by atoms with E-state index in [1.807, 2.05) is 12.2 Å². The van der Waals surface area contributed by atoms with Gasteiger partial charge in [0.15, 0.2) is 0 Å². The summed E-state index contributed by atoms with van der Waals surface area (Å²) in [5.74, 6) is 0.169. The van der Waals surface area contributed by atoms with E-state index in [0.717, 1.165) is 84.7 Å². The molecule has 0 saturated heterocycles. The lowest BCUT2D eigenvalue weighted by molar-refractivity contribution is 0.893. The van der Waals surface area contributed by atoms with Gasteiger partial charge in [0.1, 0.15) is 0 Å². The van der Waals surface area contributed by atoms with Crippen molar-refractivity contribution in [1.29, 1.82) is 0 Å². The Balaban J connectivity index is 0.936. The molecule has 0 amide bonds. The monoisotopic (exact) mass is 876 g/mol. The fraction of sp³-hybridized carbons (Fsp3) is 0.0625. The number of pyridine rings is 1. The van der Waals surface area contributed by atoms with Crippen LogP contribution in [0.1, 0.15) is 43.0 Å². The van der Waals surface area contributed by atoms with Gasteiger partial charge in [-0.2, -0.15) is 0 Å². The summed E-state index contributed by atoms with van der Waals surface area (Å²) in [6.45, 7) is 8.35. The number of para-hydroxylation sites is 2. The molecule has 1 atom stereocenters. The second kappa shape index (κ2) is 19.9. The highest BCUT2D eigenvalue weighted by atomic mass is 15.2. The zero-order valence-electron chi connectivity index (χ0n) is 38.5. The van der Waals surface area contributed by atoms with Crippen LogP contribution < -0.4 is 9.80 Å². The molecule has 0 spiro atoms. The maximum atomic E-state index is 5.30. The number of allylic oxidation sites excluding steroid dienone is 5. The van der Waals surface area contributed by atoms with E-state index < -0.39 is 0 Å². The van der Waals surface area contributed by atoms with Gasteiger partial charge in [-0.05, 0) is 125 Å². The first-order chi connectivity index (χ1) is 33.5. The minimum Gasteiger partial charge on any atom is -0.311 e. The number of nitrogens with zero attached hydrogens (tertiary/aromatic N) is 4. The molecule has 0 aliphatic heterocycles. The van der Waals surface area contributed by atoms with Crippen molar-refractivity contribution in [3.8, 4) is 22.4 Å². The third-order valence-electron chi connectivity index (χ3n) is 12.7. The van der Waals surface area contributed by atoms with E-state index in [2.05, 4.69) is 267 Å². The normalized spacial score (nSPS) is 13.5. The molecule has 68 heavy (non-hydrogen) atoms. The number of fused-ring (bicyclic) bond motifs is 2. The lowest BCUT2D eigenvalue weighted by Crippen LogP contribution is -2.12. The summed E-state index contributed by atoms with van der Waals surface area (Å²) in [4.78, 5) is 15.2. The lowest BCUT2D eigenvalue weighted by Gasteiger charge is -2.28. The Hall–Kier alpha value is -8.60. The van der Waals surface area contributed by atoms with Gasteiger partial charge < -0.3 is 9.80 Å². The van der Waals surface area contributed by atoms with Crippen LogP contribution in [-0.4, -0.2) is 10.7 Å². The minimum atomic E-state index is 0.169. The van der Waals surface area contributed by atoms with E-state index in [1.54, 1.807) is 0 Å². The quantitative estimate of drug-likeness (QED) is 0.108. The largest absolute Gasteiger partial charge is 0.311 e. The highest BCUT2D eigenvalue weighted by molar-refractivity contribution is 6.06. The summed E-state index contributed by atoms with van der Waals surface area (Å²) in [6.07, 6.45) is 11.0. The smallest absolute Gasteiger partial charge is 0.0927 e. The minimum absolute atomic E-state index is 0.169. The van der Waals surface area contributed by atoms with Crippen molar-refractivity contribution in [3.05, 3.63) is 277 Å². The van der Waals surface area contributed by atoms with Gasteiger partial charge in [-0.25, -0.2) is 4.98 Å². The molecule has 1 aliphatic carbocycles. The molecule has 8 aromatic carbocycles. The van der Waals surface area contributed by atoms with Gasteiger partial charge >= 0.3 is 0 Å². The second-order valence-corrected chi connectivity index (χ2v) is 17.0. The second-order valence-electron chi connectivity index (χ2n) is 17.0. The van der Waals surface area contributed by atoms with Gasteiger partial charge in [-0.3, -0.25) is 4.99 Å². The average molecular weight is 877 g/mol. The van der Waals surface area contributed by atoms with Crippen LogP contribution in [0.15, 0.2) is 266 Å². The maximum Gasteiger partial charge on any atom is 0.0927 e. The number of anilines is 6. The lowest BCUT2D eigenvalue weighted by atomic mass is 9.90. The van der Waals surface area contributed by atoms with Gasteiger partial charge in [-0.1, -0.05) is 177 Å². The van der Waals surface area contributed by atoms with Crippen LogP contribution in [0.25, 0.3) is 39.2 Å². The van der Waals surface area contributed by atoms with Crippen LogP contribution in [0, 0.1) is 0 Å². The van der Waals surface area contributed by atoms with Crippen LogP contribution in [0.2, 0.25) is 0 Å². The molecule has 4 heteroatoms. The summed E-state index contributed by atoms with van der Waals surface area (Å²) >= 11 is 0. The zero-order chi connectivity index (χ0) is 46.2. The SMILES string of the molecule is C=C/C=C(/N=C1\CC=Cc2ccc(-c3ccc(-c4ccc(N(c5ccc(N(c6ccccc6)c6ccccc6)cc5)c5ccc6ccccc6c5)cc4)cc3)nc21)C(=C/C)\C(C)c1ccccc1. The van der Waals surface area contributed by atoms with E-state index >= 15 is 0 Å². The summed E-state index contributed by atoms with van der Waals surface area (Å²) in [6, 6.07) is 77.6. The molecule has 0 N–H and O–H groups in total. The van der Waals surface area contributed by atoms with Crippen LogP contribution in [0.3, 0.4) is 0 Å². The van der Waals surface area contributed by atoms with E-state index in [9.17, 15) is 0 Å². The summed E-state index contributed by atoms with van der Waals surface area (Å²) in [5, 5.41) is 2.41. The number of rotatable bonds is 13. The van der Waals surface area contributed by atoms with Crippen molar-refractivity contribution in [2.75, 3.05) is 9.80 Å². The predicted molar refractivity (Wildman–Crippen MR) is 289 cm³/mol. The molecule has 10 rings (SSSR count). The predicted octanol–water partition coefficient (Wildman–Crippen LogP) is 17.5. The number of aromatic nitrogens is 1. The standard InChI is InChI=1S/C64H52N4/c1-4-18-62(60(5-2)46(3)47-19-9-6-10-20-47)65-63-28-17-23-52-36-44-61(66-64(52)63)51-31-29-49(30-32-51)50-33-37-56(38-34-50)68(59-39-35-48-21-15-16-22-53(48)45-59)58-42-40-57(41-43-58)67(54-24-11-7-12-25-54)55-26-13-8-14-27-55/h4-27,29-46H,1,28H2,2-3H3/b60-5-,62-18+,65-63+. The molecular formula is C64H52N4. The molecule has 1 aromatic heterocycles. The number of hydrogen-bond donors (Lipinski definition) is 0. The fourth-order valence-corrected chi connectivity index (χ4v) is 9.24.